The lowest BCUT2D eigenvalue weighted by atomic mass is 10.2. The highest BCUT2D eigenvalue weighted by molar-refractivity contribution is 6.30. The average molecular weight is 346 g/mol. The number of fused-ring (bicyclic) bond motifs is 1. The quantitative estimate of drug-likeness (QED) is 0.502. The topological polar surface area (TPSA) is 30.7 Å². The fourth-order valence-corrected chi connectivity index (χ4v) is 3.06. The van der Waals surface area contributed by atoms with Crippen molar-refractivity contribution in [3.63, 3.8) is 0 Å². The lowest BCUT2D eigenvalue weighted by molar-refractivity contribution is 0.710. The first-order valence-electron chi connectivity index (χ1n) is 8.09. The monoisotopic (exact) mass is 345 g/mol. The molecule has 0 spiro atoms. The normalized spacial score (nSPS) is 11.4. The highest BCUT2D eigenvalue weighted by Gasteiger charge is 2.08. The smallest absolute Gasteiger partial charge is 0.0930 e. The van der Waals surface area contributed by atoms with Crippen molar-refractivity contribution < 1.29 is 0 Å². The largest absolute Gasteiger partial charge is 0.260 e. The summed E-state index contributed by atoms with van der Waals surface area (Å²) in [6, 6.07) is 22.0. The van der Waals surface area contributed by atoms with E-state index in [4.69, 9.17) is 16.7 Å². The molecule has 0 N–H and O–H groups in total. The van der Waals surface area contributed by atoms with Gasteiger partial charge in [-0.05, 0) is 48.0 Å². The van der Waals surface area contributed by atoms with E-state index >= 15 is 0 Å². The van der Waals surface area contributed by atoms with Crippen molar-refractivity contribution in [2.75, 3.05) is 0 Å². The van der Waals surface area contributed by atoms with Crippen molar-refractivity contribution in [3.8, 4) is 0 Å². The SMILES string of the molecule is Clc1cccc(Cn2nc(C=Cc3ccccn3)c3ccccc32)c1. The summed E-state index contributed by atoms with van der Waals surface area (Å²) in [4.78, 5) is 4.32. The lowest BCUT2D eigenvalue weighted by Crippen LogP contribution is -2.01. The number of nitrogens with zero attached hydrogens (tertiary/aromatic N) is 3. The highest BCUT2D eigenvalue weighted by Crippen LogP contribution is 2.22. The van der Waals surface area contributed by atoms with E-state index in [1.807, 2.05) is 65.4 Å². The molecule has 0 aliphatic rings. The molecule has 0 saturated heterocycles. The van der Waals surface area contributed by atoms with Crippen molar-refractivity contribution in [2.45, 2.75) is 6.54 Å². The van der Waals surface area contributed by atoms with E-state index in [1.54, 1.807) is 6.20 Å². The molecule has 4 rings (SSSR count). The molecule has 2 aromatic carbocycles. The van der Waals surface area contributed by atoms with Crippen molar-refractivity contribution >= 4 is 34.7 Å². The van der Waals surface area contributed by atoms with Crippen LogP contribution in [0, 0.1) is 0 Å². The number of rotatable bonds is 4. The maximum atomic E-state index is 6.10. The third kappa shape index (κ3) is 3.47. The molecular formula is C21H16ClN3. The van der Waals surface area contributed by atoms with E-state index in [-0.39, 0.29) is 0 Å². The minimum absolute atomic E-state index is 0.679. The first-order chi connectivity index (χ1) is 12.3. The molecule has 0 saturated carbocycles. The van der Waals surface area contributed by atoms with Gasteiger partial charge in [-0.2, -0.15) is 5.10 Å². The van der Waals surface area contributed by atoms with Gasteiger partial charge in [0.1, 0.15) is 0 Å². The van der Waals surface area contributed by atoms with E-state index < -0.39 is 0 Å². The summed E-state index contributed by atoms with van der Waals surface area (Å²) in [5.41, 5.74) is 4.07. The number of aromatic nitrogens is 3. The molecule has 0 fully saturated rings. The van der Waals surface area contributed by atoms with Crippen molar-refractivity contribution in [3.05, 3.63) is 94.9 Å². The Balaban J connectivity index is 1.72. The predicted octanol–water partition coefficient (Wildman–Crippen LogP) is 5.30. The van der Waals surface area contributed by atoms with Gasteiger partial charge in [-0.15, -0.1) is 0 Å². The van der Waals surface area contributed by atoms with E-state index in [2.05, 4.69) is 23.2 Å². The van der Waals surface area contributed by atoms with Gasteiger partial charge in [0.2, 0.25) is 0 Å². The standard InChI is InChI=1S/C21H16ClN3/c22-17-7-5-6-16(14-17)15-25-21-10-2-1-9-19(21)20(24-25)12-11-18-8-3-4-13-23-18/h1-14H,15H2. The molecule has 0 aliphatic carbocycles. The maximum absolute atomic E-state index is 6.10. The van der Waals surface area contributed by atoms with Crippen LogP contribution < -0.4 is 0 Å². The zero-order valence-corrected chi connectivity index (χ0v) is 14.3. The molecule has 0 radical (unpaired) electrons. The third-order valence-electron chi connectivity index (χ3n) is 4.01. The maximum Gasteiger partial charge on any atom is 0.0930 e. The van der Waals surface area contributed by atoms with Crippen LogP contribution in [0.15, 0.2) is 72.9 Å². The van der Waals surface area contributed by atoms with Gasteiger partial charge in [-0.25, -0.2) is 0 Å². The fraction of sp³-hybridized carbons (Fsp3) is 0.0476. The molecule has 0 atom stereocenters. The number of benzene rings is 2. The molecule has 25 heavy (non-hydrogen) atoms. The Hall–Kier alpha value is -2.91. The molecule has 0 amide bonds. The van der Waals surface area contributed by atoms with E-state index in [9.17, 15) is 0 Å². The van der Waals surface area contributed by atoms with Crippen LogP contribution in [-0.2, 0) is 6.54 Å². The second kappa shape index (κ2) is 6.91. The van der Waals surface area contributed by atoms with Gasteiger partial charge in [0, 0.05) is 16.6 Å². The molecule has 0 aliphatic heterocycles. The van der Waals surface area contributed by atoms with Crippen molar-refractivity contribution in [1.82, 2.24) is 14.8 Å². The molecule has 122 valence electrons. The van der Waals surface area contributed by atoms with E-state index in [0.717, 1.165) is 32.9 Å². The number of pyridine rings is 1. The lowest BCUT2D eigenvalue weighted by Gasteiger charge is -2.04. The Morgan fingerprint density at radius 1 is 0.920 bits per heavy atom. The second-order valence-corrected chi connectivity index (χ2v) is 6.21. The Morgan fingerprint density at radius 3 is 2.64 bits per heavy atom. The first kappa shape index (κ1) is 15.6. The molecule has 3 nitrogen and oxygen atoms in total. The summed E-state index contributed by atoms with van der Waals surface area (Å²) < 4.78 is 2.01. The van der Waals surface area contributed by atoms with E-state index in [1.165, 1.54) is 0 Å². The van der Waals surface area contributed by atoms with Crippen LogP contribution >= 0.6 is 11.6 Å². The molecular weight excluding hydrogens is 330 g/mol. The summed E-state index contributed by atoms with van der Waals surface area (Å²) >= 11 is 6.10. The second-order valence-electron chi connectivity index (χ2n) is 5.78. The summed E-state index contributed by atoms with van der Waals surface area (Å²) in [7, 11) is 0. The zero-order chi connectivity index (χ0) is 17.1. The number of para-hydroxylation sites is 1. The fourth-order valence-electron chi connectivity index (χ4n) is 2.84. The molecule has 4 aromatic rings. The summed E-state index contributed by atoms with van der Waals surface area (Å²) in [6.45, 7) is 0.679. The molecule has 2 aromatic heterocycles. The number of halogens is 1. The van der Waals surface area contributed by atoms with Crippen LogP contribution in [0.4, 0.5) is 0 Å². The Bertz CT molecular complexity index is 1040. The van der Waals surface area contributed by atoms with Crippen LogP contribution in [0.1, 0.15) is 17.0 Å². The van der Waals surface area contributed by atoms with E-state index in [0.29, 0.717) is 6.54 Å². The minimum Gasteiger partial charge on any atom is -0.260 e. The summed E-state index contributed by atoms with van der Waals surface area (Å²) in [5.74, 6) is 0. The van der Waals surface area contributed by atoms with Crippen LogP contribution in [0.5, 0.6) is 0 Å². The third-order valence-corrected chi connectivity index (χ3v) is 4.24. The van der Waals surface area contributed by atoms with Crippen LogP contribution in [0.2, 0.25) is 5.02 Å². The predicted molar refractivity (Wildman–Crippen MR) is 103 cm³/mol. The molecule has 2 heterocycles. The number of hydrogen-bond acceptors (Lipinski definition) is 2. The van der Waals surface area contributed by atoms with Crippen molar-refractivity contribution in [1.29, 1.82) is 0 Å². The van der Waals surface area contributed by atoms with Gasteiger partial charge in [0.15, 0.2) is 0 Å². The molecule has 4 heteroatoms. The summed E-state index contributed by atoms with van der Waals surface area (Å²) in [5, 5.41) is 6.65. The molecule has 0 bridgehead atoms. The van der Waals surface area contributed by atoms with Crippen LogP contribution in [0.25, 0.3) is 23.1 Å². The van der Waals surface area contributed by atoms with Gasteiger partial charge < -0.3 is 0 Å². The van der Waals surface area contributed by atoms with Gasteiger partial charge in [-0.3, -0.25) is 9.67 Å². The van der Waals surface area contributed by atoms with Crippen molar-refractivity contribution in [2.24, 2.45) is 0 Å². The Kier molecular flexibility index (Phi) is 4.32. The Morgan fingerprint density at radius 2 is 1.80 bits per heavy atom. The van der Waals surface area contributed by atoms with Gasteiger partial charge in [-0.1, -0.05) is 48.0 Å². The highest BCUT2D eigenvalue weighted by atomic mass is 35.5. The zero-order valence-electron chi connectivity index (χ0n) is 13.5. The summed E-state index contributed by atoms with van der Waals surface area (Å²) in [6.07, 6.45) is 5.78. The first-order valence-corrected chi connectivity index (χ1v) is 8.46. The minimum atomic E-state index is 0.679. The average Bonchev–Trinajstić information content (AvgIpc) is 2.99. The van der Waals surface area contributed by atoms with Crippen LogP contribution in [-0.4, -0.2) is 14.8 Å². The van der Waals surface area contributed by atoms with Gasteiger partial charge in [0.25, 0.3) is 0 Å². The number of hydrogen-bond donors (Lipinski definition) is 0. The molecule has 0 unspecified atom stereocenters. The Labute approximate surface area is 151 Å². The van der Waals surface area contributed by atoms with Crippen LogP contribution in [0.3, 0.4) is 0 Å². The van der Waals surface area contributed by atoms with Gasteiger partial charge in [0.05, 0.1) is 23.4 Å². The van der Waals surface area contributed by atoms with Gasteiger partial charge >= 0.3 is 0 Å².